The van der Waals surface area contributed by atoms with Crippen LogP contribution in [0.4, 0.5) is 0 Å². The first-order valence-corrected chi connectivity index (χ1v) is 8.00. The zero-order valence-corrected chi connectivity index (χ0v) is 13.8. The third-order valence-corrected chi connectivity index (χ3v) is 4.81. The average Bonchev–Trinajstić information content (AvgIpc) is 2.67. The molecule has 1 aliphatic heterocycles. The minimum atomic E-state index is 0.788. The molecule has 1 aromatic rings. The highest BCUT2D eigenvalue weighted by Crippen LogP contribution is 2.23. The minimum Gasteiger partial charge on any atom is -0.316 e. The molecule has 0 aromatic carbocycles. The second kappa shape index (κ2) is 6.86. The molecule has 108 valence electrons. The molecule has 19 heavy (non-hydrogen) atoms. The van der Waals surface area contributed by atoms with Gasteiger partial charge in [0.15, 0.2) is 0 Å². The Hall–Kier alpha value is -0.390. The predicted molar refractivity (Wildman–Crippen MR) is 82.2 cm³/mol. The molecule has 1 aliphatic rings. The number of aromatic nitrogens is 2. The summed E-state index contributed by atoms with van der Waals surface area (Å²) in [5, 5.41) is 8.05. The number of halogens is 1. The molecule has 4 nitrogen and oxygen atoms in total. The van der Waals surface area contributed by atoms with Crippen molar-refractivity contribution in [2.45, 2.75) is 32.7 Å². The summed E-state index contributed by atoms with van der Waals surface area (Å²) in [7, 11) is 4.24. The van der Waals surface area contributed by atoms with Crippen LogP contribution in [-0.4, -0.2) is 41.4 Å². The van der Waals surface area contributed by atoms with Gasteiger partial charge in [0.05, 0.1) is 15.9 Å². The molecule has 0 saturated carbocycles. The highest BCUT2D eigenvalue weighted by atomic mass is 79.9. The lowest BCUT2D eigenvalue weighted by Gasteiger charge is -2.27. The zero-order chi connectivity index (χ0) is 13.8. The summed E-state index contributed by atoms with van der Waals surface area (Å²) in [4.78, 5) is 2.42. The molecule has 1 atom stereocenters. The Morgan fingerprint density at radius 1 is 1.53 bits per heavy atom. The van der Waals surface area contributed by atoms with E-state index in [-0.39, 0.29) is 0 Å². The Bertz CT molecular complexity index is 410. The molecule has 2 rings (SSSR count). The SMILES string of the molecule is CCc1nn(C)c(CN(C)CC2CCCNC2)c1Br. The zero-order valence-electron chi connectivity index (χ0n) is 12.2. The molecule has 0 radical (unpaired) electrons. The van der Waals surface area contributed by atoms with Crippen molar-refractivity contribution in [2.75, 3.05) is 26.7 Å². The normalized spacial score (nSPS) is 20.2. The van der Waals surface area contributed by atoms with E-state index >= 15 is 0 Å². The Kier molecular flexibility index (Phi) is 5.42. The largest absolute Gasteiger partial charge is 0.316 e. The fraction of sp³-hybridized carbons (Fsp3) is 0.786. The molecule has 1 N–H and O–H groups in total. The van der Waals surface area contributed by atoms with Crippen LogP contribution in [0.25, 0.3) is 0 Å². The Balaban J connectivity index is 1.94. The van der Waals surface area contributed by atoms with Crippen LogP contribution in [0.5, 0.6) is 0 Å². The molecule has 0 spiro atoms. The van der Waals surface area contributed by atoms with Crippen molar-refractivity contribution in [3.8, 4) is 0 Å². The summed E-state index contributed by atoms with van der Waals surface area (Å²) in [6, 6.07) is 0. The van der Waals surface area contributed by atoms with Crippen LogP contribution in [-0.2, 0) is 20.0 Å². The fourth-order valence-corrected chi connectivity index (χ4v) is 3.57. The average molecular weight is 329 g/mol. The van der Waals surface area contributed by atoms with E-state index in [1.165, 1.54) is 29.6 Å². The number of hydrogen-bond acceptors (Lipinski definition) is 3. The van der Waals surface area contributed by atoms with E-state index in [0.717, 1.165) is 37.7 Å². The molecule has 1 unspecified atom stereocenters. The van der Waals surface area contributed by atoms with E-state index in [2.05, 4.69) is 45.2 Å². The van der Waals surface area contributed by atoms with Crippen molar-refractivity contribution in [1.29, 1.82) is 0 Å². The lowest BCUT2D eigenvalue weighted by atomic mass is 9.99. The van der Waals surface area contributed by atoms with Gasteiger partial charge in [0, 0.05) is 20.1 Å². The maximum Gasteiger partial charge on any atom is 0.0767 e. The number of piperidine rings is 1. The number of nitrogens with one attached hydrogen (secondary N) is 1. The van der Waals surface area contributed by atoms with Crippen LogP contribution in [0, 0.1) is 5.92 Å². The summed E-state index contributed by atoms with van der Waals surface area (Å²) in [6.45, 7) is 6.62. The summed E-state index contributed by atoms with van der Waals surface area (Å²) < 4.78 is 3.20. The van der Waals surface area contributed by atoms with Gasteiger partial charge in [-0.25, -0.2) is 0 Å². The highest BCUT2D eigenvalue weighted by molar-refractivity contribution is 9.10. The summed E-state index contributed by atoms with van der Waals surface area (Å²) in [6.07, 6.45) is 3.64. The number of aryl methyl sites for hydroxylation is 2. The van der Waals surface area contributed by atoms with Crippen LogP contribution in [0.15, 0.2) is 4.47 Å². The molecule has 5 heteroatoms. The standard InChI is InChI=1S/C14H25BrN4/c1-4-12-14(15)13(19(3)17-12)10-18(2)9-11-6-5-7-16-8-11/h11,16H,4-10H2,1-3H3. The fourth-order valence-electron chi connectivity index (χ4n) is 2.83. The van der Waals surface area contributed by atoms with Crippen LogP contribution < -0.4 is 5.32 Å². The van der Waals surface area contributed by atoms with E-state index in [9.17, 15) is 0 Å². The van der Waals surface area contributed by atoms with E-state index in [1.807, 2.05) is 11.7 Å². The molecule has 1 saturated heterocycles. The van der Waals surface area contributed by atoms with Gasteiger partial charge in [-0.05, 0) is 61.2 Å². The first-order chi connectivity index (χ1) is 9.11. The summed E-state index contributed by atoms with van der Waals surface area (Å²) in [5.41, 5.74) is 2.44. The summed E-state index contributed by atoms with van der Waals surface area (Å²) >= 11 is 3.69. The lowest BCUT2D eigenvalue weighted by molar-refractivity contribution is 0.233. The monoisotopic (exact) mass is 328 g/mol. The third-order valence-electron chi connectivity index (χ3n) is 3.89. The Morgan fingerprint density at radius 3 is 2.89 bits per heavy atom. The maximum atomic E-state index is 4.56. The molecule has 1 aromatic heterocycles. The summed E-state index contributed by atoms with van der Waals surface area (Å²) in [5.74, 6) is 0.788. The van der Waals surface area contributed by atoms with E-state index in [0.29, 0.717) is 0 Å². The molecule has 0 amide bonds. The Labute approximate surface area is 124 Å². The van der Waals surface area contributed by atoms with Crippen molar-refractivity contribution >= 4 is 15.9 Å². The van der Waals surface area contributed by atoms with Gasteiger partial charge in [0.2, 0.25) is 0 Å². The smallest absolute Gasteiger partial charge is 0.0767 e. The van der Waals surface area contributed by atoms with Gasteiger partial charge >= 0.3 is 0 Å². The molecule has 0 aliphatic carbocycles. The molecular formula is C14H25BrN4. The maximum absolute atomic E-state index is 4.56. The number of hydrogen-bond donors (Lipinski definition) is 1. The first kappa shape index (κ1) is 15.0. The van der Waals surface area contributed by atoms with Gasteiger partial charge in [0.25, 0.3) is 0 Å². The van der Waals surface area contributed by atoms with Crippen LogP contribution in [0.1, 0.15) is 31.2 Å². The third kappa shape index (κ3) is 3.80. The van der Waals surface area contributed by atoms with Gasteiger partial charge in [0.1, 0.15) is 0 Å². The molecule has 2 heterocycles. The van der Waals surface area contributed by atoms with Crippen molar-refractivity contribution in [3.63, 3.8) is 0 Å². The lowest BCUT2D eigenvalue weighted by Crippen LogP contribution is -2.36. The topological polar surface area (TPSA) is 33.1 Å². The second-order valence-corrected chi connectivity index (χ2v) is 6.39. The quantitative estimate of drug-likeness (QED) is 0.899. The van der Waals surface area contributed by atoms with Crippen LogP contribution in [0.2, 0.25) is 0 Å². The number of rotatable bonds is 5. The van der Waals surface area contributed by atoms with E-state index in [4.69, 9.17) is 0 Å². The van der Waals surface area contributed by atoms with Crippen molar-refractivity contribution < 1.29 is 0 Å². The van der Waals surface area contributed by atoms with Gasteiger partial charge < -0.3 is 10.2 Å². The molecular weight excluding hydrogens is 304 g/mol. The minimum absolute atomic E-state index is 0.788. The highest BCUT2D eigenvalue weighted by Gasteiger charge is 2.18. The number of nitrogens with zero attached hydrogens (tertiary/aromatic N) is 3. The second-order valence-electron chi connectivity index (χ2n) is 5.59. The van der Waals surface area contributed by atoms with Crippen molar-refractivity contribution in [2.24, 2.45) is 13.0 Å². The van der Waals surface area contributed by atoms with Gasteiger partial charge in [-0.1, -0.05) is 6.92 Å². The van der Waals surface area contributed by atoms with E-state index in [1.54, 1.807) is 0 Å². The van der Waals surface area contributed by atoms with Gasteiger partial charge in [-0.2, -0.15) is 5.10 Å². The van der Waals surface area contributed by atoms with Crippen LogP contribution in [0.3, 0.4) is 0 Å². The van der Waals surface area contributed by atoms with Gasteiger partial charge in [-0.3, -0.25) is 4.68 Å². The van der Waals surface area contributed by atoms with Gasteiger partial charge in [-0.15, -0.1) is 0 Å². The molecule has 1 fully saturated rings. The first-order valence-electron chi connectivity index (χ1n) is 7.21. The van der Waals surface area contributed by atoms with Crippen molar-refractivity contribution in [3.05, 3.63) is 15.9 Å². The van der Waals surface area contributed by atoms with Crippen LogP contribution >= 0.6 is 15.9 Å². The van der Waals surface area contributed by atoms with Crippen molar-refractivity contribution in [1.82, 2.24) is 20.0 Å². The predicted octanol–water partition coefficient (Wildman–Crippen LogP) is 2.18. The van der Waals surface area contributed by atoms with E-state index < -0.39 is 0 Å². The Morgan fingerprint density at radius 2 is 2.32 bits per heavy atom. The molecule has 0 bridgehead atoms.